The lowest BCUT2D eigenvalue weighted by molar-refractivity contribution is -0.287. The van der Waals surface area contributed by atoms with Gasteiger partial charge in [-0.3, -0.25) is 13.8 Å². The number of thiol groups is 1. The van der Waals surface area contributed by atoms with Gasteiger partial charge in [0.05, 0.1) is 25.4 Å². The first kappa shape index (κ1) is 31.8. The maximum absolute atomic E-state index is 12.7. The van der Waals surface area contributed by atoms with E-state index in [9.17, 15) is 49.7 Å². The number of phosphoric ester groups is 1. The quantitative estimate of drug-likeness (QED) is 0.0832. The van der Waals surface area contributed by atoms with Crippen LogP contribution >= 0.6 is 20.6 Å². The summed E-state index contributed by atoms with van der Waals surface area (Å²) < 4.78 is 35.9. The molecular weight excluding hydrogens is 575 g/mol. The van der Waals surface area contributed by atoms with Gasteiger partial charge in [-0.1, -0.05) is 12.8 Å². The molecule has 0 spiro atoms. The number of aromatic nitrogens is 2. The van der Waals surface area contributed by atoms with E-state index < -0.39 is 99.9 Å². The molecular formula is C18H29N4O15PS. The van der Waals surface area contributed by atoms with Crippen LogP contribution in [0.3, 0.4) is 0 Å². The number of anilines is 1. The number of phosphoric acid groups is 1. The predicted octanol–water partition coefficient (Wildman–Crippen LogP) is -4.97. The molecule has 2 aliphatic rings. The van der Waals surface area contributed by atoms with Gasteiger partial charge in [0, 0.05) is 12.6 Å². The number of aliphatic hydroxyl groups is 6. The smallest absolute Gasteiger partial charge is 0.475 e. The molecule has 11 atom stereocenters. The average Bonchev–Trinajstić information content (AvgIpc) is 3.14. The molecule has 2 saturated heterocycles. The van der Waals surface area contributed by atoms with E-state index >= 15 is 0 Å². The number of nitrogens with one attached hydrogen (secondary N) is 1. The third-order valence-electron chi connectivity index (χ3n) is 6.09. The van der Waals surface area contributed by atoms with Gasteiger partial charge in [-0.15, -0.1) is 0 Å². The fourth-order valence-corrected chi connectivity index (χ4v) is 5.34. The Kier molecular flexibility index (Phi) is 10.1. The molecule has 39 heavy (non-hydrogen) atoms. The molecule has 0 saturated carbocycles. The molecule has 1 aromatic heterocycles. The standard InChI is InChI=1S/C18H29N4O15PS/c19-9-1-2-22(17(31)20-9)15-13(28)12(27)8(35-15)5-34-38(32,33)37-18(16(29)30)3-6(24)10(21-39)14(36-18)11(26)7(25)4-23/h1-2,6-8,10-15,21,23-28,39H,3-5H2,(H,29,30)(H,32,33)(H2,19,20,31). The molecule has 11 unspecified atom stereocenters. The van der Waals surface area contributed by atoms with Crippen LogP contribution in [0.4, 0.5) is 5.82 Å². The maximum Gasteiger partial charge on any atom is 0.475 e. The number of aliphatic hydroxyl groups excluding tert-OH is 6. The van der Waals surface area contributed by atoms with Crippen LogP contribution in [0.2, 0.25) is 0 Å². The largest absolute Gasteiger partial charge is 0.477 e. The van der Waals surface area contributed by atoms with Crippen LogP contribution < -0.4 is 16.1 Å². The first-order chi connectivity index (χ1) is 18.2. The number of nitrogen functional groups attached to an aromatic ring is 1. The third kappa shape index (κ3) is 6.77. The van der Waals surface area contributed by atoms with Gasteiger partial charge in [0.1, 0.15) is 42.4 Å². The first-order valence-corrected chi connectivity index (χ1v) is 13.1. The van der Waals surface area contributed by atoms with Gasteiger partial charge < -0.3 is 55.8 Å². The van der Waals surface area contributed by atoms with Crippen molar-refractivity contribution in [1.82, 2.24) is 14.3 Å². The minimum atomic E-state index is -5.45. The van der Waals surface area contributed by atoms with Crippen molar-refractivity contribution in [2.24, 2.45) is 0 Å². The number of nitrogens with two attached hydrogens (primary N) is 1. The SMILES string of the molecule is Nc1ccn(C2OC(COP(=O)(O)OC3(C(=O)O)CC(O)C(NS)C(C(O)C(O)CO)O3)C(O)C2O)c(=O)n1. The summed E-state index contributed by atoms with van der Waals surface area (Å²) in [4.78, 5) is 37.9. The number of carboxylic acids is 1. The van der Waals surface area contributed by atoms with Crippen molar-refractivity contribution in [2.75, 3.05) is 18.9 Å². The Morgan fingerprint density at radius 2 is 2.03 bits per heavy atom. The third-order valence-corrected chi connectivity index (χ3v) is 7.39. The fraction of sp³-hybridized carbons (Fsp3) is 0.722. The summed E-state index contributed by atoms with van der Waals surface area (Å²) in [6, 6.07) is -0.128. The van der Waals surface area contributed by atoms with Crippen LogP contribution in [0.1, 0.15) is 12.6 Å². The average molecular weight is 604 g/mol. The zero-order valence-corrected chi connectivity index (χ0v) is 21.6. The highest BCUT2D eigenvalue weighted by molar-refractivity contribution is 7.78. The van der Waals surface area contributed by atoms with Crippen molar-refractivity contribution < 1.29 is 68.5 Å². The van der Waals surface area contributed by atoms with E-state index in [1.165, 1.54) is 6.07 Å². The number of rotatable bonds is 11. The van der Waals surface area contributed by atoms with Crippen LogP contribution in [-0.4, -0.2) is 124 Å². The Morgan fingerprint density at radius 1 is 1.36 bits per heavy atom. The molecule has 0 amide bonds. The Morgan fingerprint density at radius 3 is 2.59 bits per heavy atom. The molecule has 0 bridgehead atoms. The zero-order valence-electron chi connectivity index (χ0n) is 19.8. The molecule has 0 aliphatic carbocycles. The summed E-state index contributed by atoms with van der Waals surface area (Å²) in [6.07, 6.45) is -13.9. The van der Waals surface area contributed by atoms with Gasteiger partial charge in [-0.2, -0.15) is 4.98 Å². The molecule has 1 aromatic rings. The van der Waals surface area contributed by atoms with Crippen LogP contribution in [0, 0.1) is 0 Å². The van der Waals surface area contributed by atoms with Crippen LogP contribution in [0.15, 0.2) is 17.1 Å². The second kappa shape index (κ2) is 12.4. The molecule has 222 valence electrons. The van der Waals surface area contributed by atoms with E-state index in [2.05, 4.69) is 22.5 Å². The highest BCUT2D eigenvalue weighted by Gasteiger charge is 2.58. The summed E-state index contributed by atoms with van der Waals surface area (Å²) >= 11 is 3.76. The van der Waals surface area contributed by atoms with Crippen LogP contribution in [0.5, 0.6) is 0 Å². The Labute approximate surface area is 224 Å². The molecule has 0 radical (unpaired) electrons. The lowest BCUT2D eigenvalue weighted by atomic mass is 9.89. The van der Waals surface area contributed by atoms with E-state index in [0.717, 1.165) is 10.8 Å². The van der Waals surface area contributed by atoms with E-state index in [0.29, 0.717) is 0 Å². The second-order valence-corrected chi connectivity index (χ2v) is 10.4. The van der Waals surface area contributed by atoms with Gasteiger partial charge >= 0.3 is 19.5 Å². The van der Waals surface area contributed by atoms with Crippen molar-refractivity contribution >= 4 is 32.4 Å². The van der Waals surface area contributed by atoms with Crippen molar-refractivity contribution in [3.05, 3.63) is 22.7 Å². The number of nitrogens with zero attached hydrogens (tertiary/aromatic N) is 2. The predicted molar refractivity (Wildman–Crippen MR) is 127 cm³/mol. The fourth-order valence-electron chi connectivity index (χ4n) is 4.06. The van der Waals surface area contributed by atoms with E-state index in [-0.39, 0.29) is 5.82 Å². The Bertz CT molecular complexity index is 1130. The summed E-state index contributed by atoms with van der Waals surface area (Å²) in [5.41, 5.74) is 4.48. The molecule has 3 rings (SSSR count). The Balaban J connectivity index is 1.76. The van der Waals surface area contributed by atoms with Gasteiger partial charge in [-0.25, -0.2) is 18.7 Å². The monoisotopic (exact) mass is 604 g/mol. The molecule has 0 aromatic carbocycles. The lowest BCUT2D eigenvalue weighted by Crippen LogP contribution is -2.66. The first-order valence-electron chi connectivity index (χ1n) is 11.2. The highest BCUT2D eigenvalue weighted by Crippen LogP contribution is 2.51. The number of hydrogen-bond acceptors (Lipinski definition) is 17. The zero-order chi connectivity index (χ0) is 29.3. The van der Waals surface area contributed by atoms with E-state index in [1.807, 2.05) is 0 Å². The van der Waals surface area contributed by atoms with Crippen molar-refractivity contribution in [3.63, 3.8) is 0 Å². The van der Waals surface area contributed by atoms with Gasteiger partial charge in [0.15, 0.2) is 6.23 Å². The normalized spacial score (nSPS) is 36.3. The minimum absolute atomic E-state index is 0.123. The number of ether oxygens (including phenoxy) is 2. The van der Waals surface area contributed by atoms with Crippen molar-refractivity contribution in [3.8, 4) is 0 Å². The Hall–Kier alpha value is -1.75. The summed E-state index contributed by atoms with van der Waals surface area (Å²) in [7, 11) is -5.45. The summed E-state index contributed by atoms with van der Waals surface area (Å²) in [5.74, 6) is -5.27. The van der Waals surface area contributed by atoms with Crippen molar-refractivity contribution in [1.29, 1.82) is 0 Å². The topological polar surface area (TPSA) is 306 Å². The van der Waals surface area contributed by atoms with Gasteiger partial charge in [-0.05, 0) is 6.07 Å². The minimum Gasteiger partial charge on any atom is -0.477 e. The molecule has 21 heteroatoms. The van der Waals surface area contributed by atoms with Crippen LogP contribution in [-0.2, 0) is 27.9 Å². The number of carbonyl (C=O) groups is 1. The molecule has 2 aliphatic heterocycles. The number of carboxylic acid groups (broad SMARTS) is 1. The van der Waals surface area contributed by atoms with Crippen LogP contribution in [0.25, 0.3) is 0 Å². The molecule has 11 N–H and O–H groups in total. The summed E-state index contributed by atoms with van der Waals surface area (Å²) in [6.45, 7) is -1.97. The molecule has 2 fully saturated rings. The van der Waals surface area contributed by atoms with Crippen molar-refractivity contribution in [2.45, 2.75) is 67.2 Å². The number of aliphatic carboxylic acids is 1. The maximum atomic E-state index is 12.7. The highest BCUT2D eigenvalue weighted by atomic mass is 32.1. The van der Waals surface area contributed by atoms with E-state index in [4.69, 9.17) is 29.4 Å². The second-order valence-electron chi connectivity index (χ2n) is 8.75. The summed E-state index contributed by atoms with van der Waals surface area (Å²) in [5, 5.41) is 70.0. The van der Waals surface area contributed by atoms with E-state index in [1.54, 1.807) is 0 Å². The number of hydrogen-bond donors (Lipinski definition) is 11. The molecule has 19 nitrogen and oxygen atoms in total. The molecule has 3 heterocycles. The lowest BCUT2D eigenvalue weighted by Gasteiger charge is -2.46. The van der Waals surface area contributed by atoms with Gasteiger partial charge in [0.2, 0.25) is 0 Å². The van der Waals surface area contributed by atoms with Gasteiger partial charge in [0.25, 0.3) is 5.79 Å².